The van der Waals surface area contributed by atoms with Gasteiger partial charge in [-0.2, -0.15) is 5.10 Å². The molecule has 25 heavy (non-hydrogen) atoms. The number of nitrogens with one attached hydrogen (secondary N) is 2. The summed E-state index contributed by atoms with van der Waals surface area (Å²) >= 11 is 0. The molecule has 1 saturated heterocycles. The average Bonchev–Trinajstić information content (AvgIpc) is 3.13. The van der Waals surface area contributed by atoms with Crippen molar-refractivity contribution in [1.29, 1.82) is 0 Å². The summed E-state index contributed by atoms with van der Waals surface area (Å²) in [6, 6.07) is 4.65. The van der Waals surface area contributed by atoms with E-state index >= 15 is 0 Å². The van der Waals surface area contributed by atoms with E-state index in [9.17, 15) is 14.4 Å². The van der Waals surface area contributed by atoms with Gasteiger partial charge in [0.15, 0.2) is 5.82 Å². The molecule has 1 unspecified atom stereocenters. The zero-order chi connectivity index (χ0) is 18.0. The molecule has 9 heteroatoms. The van der Waals surface area contributed by atoms with Crippen molar-refractivity contribution in [2.75, 3.05) is 13.1 Å². The van der Waals surface area contributed by atoms with Crippen LogP contribution in [0.1, 0.15) is 24.2 Å². The number of imide groups is 1. The molecular formula is C16H18N6O3. The Morgan fingerprint density at radius 3 is 2.84 bits per heavy atom. The predicted molar refractivity (Wildman–Crippen MR) is 87.8 cm³/mol. The van der Waals surface area contributed by atoms with Gasteiger partial charge in [-0.05, 0) is 26.0 Å². The maximum atomic E-state index is 12.1. The number of pyridine rings is 1. The van der Waals surface area contributed by atoms with E-state index in [2.05, 4.69) is 20.7 Å². The molecule has 1 aliphatic heterocycles. The van der Waals surface area contributed by atoms with E-state index in [1.165, 1.54) is 0 Å². The first-order chi connectivity index (χ1) is 12.0. The lowest BCUT2D eigenvalue weighted by Gasteiger charge is -2.17. The lowest BCUT2D eigenvalue weighted by molar-refractivity contribution is -0.130. The van der Waals surface area contributed by atoms with Crippen molar-refractivity contribution in [2.24, 2.45) is 0 Å². The van der Waals surface area contributed by atoms with Crippen molar-refractivity contribution in [1.82, 2.24) is 30.3 Å². The van der Waals surface area contributed by atoms with Crippen LogP contribution in [0.15, 0.2) is 30.6 Å². The topological polar surface area (TPSA) is 109 Å². The second-order valence-corrected chi connectivity index (χ2v) is 5.71. The zero-order valence-corrected chi connectivity index (χ0v) is 13.9. The second kappa shape index (κ2) is 6.71. The second-order valence-electron chi connectivity index (χ2n) is 5.71. The number of carbonyl (C=O) groups excluding carboxylic acids is 3. The highest BCUT2D eigenvalue weighted by Crippen LogP contribution is 2.19. The first-order valence-corrected chi connectivity index (χ1v) is 7.81. The highest BCUT2D eigenvalue weighted by atomic mass is 16.2. The van der Waals surface area contributed by atoms with Gasteiger partial charge in [-0.15, -0.1) is 0 Å². The van der Waals surface area contributed by atoms with Gasteiger partial charge >= 0.3 is 6.03 Å². The van der Waals surface area contributed by atoms with Crippen molar-refractivity contribution >= 4 is 17.8 Å². The summed E-state index contributed by atoms with van der Waals surface area (Å²) in [5.41, 5.74) is 1.68. The highest BCUT2D eigenvalue weighted by molar-refractivity contribution is 6.04. The van der Waals surface area contributed by atoms with Gasteiger partial charge in [-0.25, -0.2) is 14.5 Å². The summed E-state index contributed by atoms with van der Waals surface area (Å²) in [5, 5.41) is 9.48. The van der Waals surface area contributed by atoms with Crippen LogP contribution in [-0.4, -0.2) is 50.6 Å². The lowest BCUT2D eigenvalue weighted by Crippen LogP contribution is -2.41. The van der Waals surface area contributed by atoms with Crippen molar-refractivity contribution in [2.45, 2.75) is 19.9 Å². The Balaban J connectivity index is 1.68. The minimum atomic E-state index is -0.549. The van der Waals surface area contributed by atoms with Crippen LogP contribution in [0.2, 0.25) is 0 Å². The van der Waals surface area contributed by atoms with E-state index in [0.717, 1.165) is 16.2 Å². The average molecular weight is 342 g/mol. The van der Waals surface area contributed by atoms with Crippen LogP contribution in [0.5, 0.6) is 0 Å². The molecule has 0 spiro atoms. The molecule has 2 aromatic heterocycles. The van der Waals surface area contributed by atoms with Gasteiger partial charge in [0.1, 0.15) is 6.54 Å². The Hall–Kier alpha value is -3.23. The quantitative estimate of drug-likeness (QED) is 0.760. The van der Waals surface area contributed by atoms with Crippen molar-refractivity contribution in [3.63, 3.8) is 0 Å². The molecule has 130 valence electrons. The van der Waals surface area contributed by atoms with Gasteiger partial charge in [-0.1, -0.05) is 6.07 Å². The lowest BCUT2D eigenvalue weighted by atomic mass is 10.1. The van der Waals surface area contributed by atoms with Crippen molar-refractivity contribution in [3.8, 4) is 5.82 Å². The first kappa shape index (κ1) is 16.6. The van der Waals surface area contributed by atoms with Crippen LogP contribution < -0.4 is 10.6 Å². The molecule has 3 rings (SSSR count). The number of nitrogens with zero attached hydrogens (tertiary/aromatic N) is 4. The summed E-state index contributed by atoms with van der Waals surface area (Å²) in [6.45, 7) is 3.33. The number of hydrogen-bond donors (Lipinski definition) is 2. The largest absolute Gasteiger partial charge is 0.348 e. The third-order valence-corrected chi connectivity index (χ3v) is 4.00. The summed E-state index contributed by atoms with van der Waals surface area (Å²) < 4.78 is 1.69. The molecule has 1 aliphatic rings. The molecule has 3 heterocycles. The SMILES string of the molecule is Cc1c(C(C)NC(=O)CN2C(=O)CNC2=O)cnn1-c1ccccn1. The van der Waals surface area contributed by atoms with Gasteiger partial charge in [0.2, 0.25) is 5.91 Å². The molecule has 0 aromatic carbocycles. The van der Waals surface area contributed by atoms with Crippen LogP contribution in [0.3, 0.4) is 0 Å². The molecule has 1 atom stereocenters. The zero-order valence-electron chi connectivity index (χ0n) is 13.9. The molecule has 0 radical (unpaired) electrons. The van der Waals surface area contributed by atoms with E-state index in [-0.39, 0.29) is 19.1 Å². The summed E-state index contributed by atoms with van der Waals surface area (Å²) in [7, 11) is 0. The Kier molecular flexibility index (Phi) is 4.46. The van der Waals surface area contributed by atoms with Gasteiger partial charge in [0.05, 0.1) is 18.8 Å². The number of amides is 4. The Morgan fingerprint density at radius 2 is 2.20 bits per heavy atom. The molecule has 0 bridgehead atoms. The number of carbonyl (C=O) groups is 3. The predicted octanol–water partition coefficient (Wildman–Crippen LogP) is 0.305. The van der Waals surface area contributed by atoms with E-state index in [1.807, 2.05) is 32.0 Å². The van der Waals surface area contributed by atoms with E-state index < -0.39 is 17.8 Å². The van der Waals surface area contributed by atoms with Crippen LogP contribution in [0.4, 0.5) is 4.79 Å². The minimum Gasteiger partial charge on any atom is -0.348 e. The molecule has 9 nitrogen and oxygen atoms in total. The number of rotatable bonds is 5. The van der Waals surface area contributed by atoms with E-state index in [1.54, 1.807) is 17.1 Å². The standard InChI is InChI=1S/C16H18N6O3/c1-10(20-14(23)9-21-15(24)8-18-16(21)25)12-7-19-22(11(12)2)13-5-3-4-6-17-13/h3-7,10H,8-9H2,1-2H3,(H,18,25)(H,20,23). The van der Waals surface area contributed by atoms with Crippen LogP contribution in [0.25, 0.3) is 5.82 Å². The molecule has 0 aliphatic carbocycles. The molecular weight excluding hydrogens is 324 g/mol. The van der Waals surface area contributed by atoms with E-state index in [0.29, 0.717) is 5.82 Å². The van der Waals surface area contributed by atoms with E-state index in [4.69, 9.17) is 0 Å². The fourth-order valence-electron chi connectivity index (χ4n) is 2.68. The maximum absolute atomic E-state index is 12.1. The molecule has 2 N–H and O–H groups in total. The van der Waals surface area contributed by atoms with Gasteiger partial charge in [0.25, 0.3) is 5.91 Å². The number of hydrogen-bond acceptors (Lipinski definition) is 5. The third kappa shape index (κ3) is 3.35. The van der Waals surface area contributed by atoms with Crippen molar-refractivity contribution < 1.29 is 14.4 Å². The summed E-state index contributed by atoms with van der Waals surface area (Å²) in [6.07, 6.45) is 3.35. The highest BCUT2D eigenvalue weighted by Gasteiger charge is 2.30. The Morgan fingerprint density at radius 1 is 1.40 bits per heavy atom. The van der Waals surface area contributed by atoms with Crippen LogP contribution >= 0.6 is 0 Å². The summed E-state index contributed by atoms with van der Waals surface area (Å²) in [4.78, 5) is 40.3. The number of urea groups is 1. The third-order valence-electron chi connectivity index (χ3n) is 4.00. The molecule has 4 amide bonds. The fourth-order valence-corrected chi connectivity index (χ4v) is 2.68. The van der Waals surface area contributed by atoms with Gasteiger partial charge in [-0.3, -0.25) is 14.5 Å². The van der Waals surface area contributed by atoms with Gasteiger partial charge < -0.3 is 10.6 Å². The smallest absolute Gasteiger partial charge is 0.325 e. The molecule has 0 saturated carbocycles. The molecule has 1 fully saturated rings. The fraction of sp³-hybridized carbons (Fsp3) is 0.312. The van der Waals surface area contributed by atoms with Gasteiger partial charge in [0, 0.05) is 17.5 Å². The maximum Gasteiger partial charge on any atom is 0.325 e. The normalized spacial score (nSPS) is 15.2. The van der Waals surface area contributed by atoms with Crippen LogP contribution in [0, 0.1) is 6.92 Å². The van der Waals surface area contributed by atoms with Crippen LogP contribution in [-0.2, 0) is 9.59 Å². The first-order valence-electron chi connectivity index (χ1n) is 7.81. The molecule has 2 aromatic rings. The Bertz CT molecular complexity index is 801. The summed E-state index contributed by atoms with van der Waals surface area (Å²) in [5.74, 6) is -0.140. The van der Waals surface area contributed by atoms with Crippen molar-refractivity contribution in [3.05, 3.63) is 41.9 Å². The monoisotopic (exact) mass is 342 g/mol. The minimum absolute atomic E-state index is 0.0718. The number of aromatic nitrogens is 3. The Labute approximate surface area is 144 Å².